The number of hydrogen-bond donors (Lipinski definition) is 3. The number of nitrogens with zero attached hydrogens (tertiary/aromatic N) is 3. The molecule has 0 aliphatic carbocycles. The van der Waals surface area contributed by atoms with E-state index in [9.17, 15) is 14.9 Å². The van der Waals surface area contributed by atoms with Gasteiger partial charge in [-0.3, -0.25) is 25.8 Å². The van der Waals surface area contributed by atoms with Gasteiger partial charge in [0.2, 0.25) is 11.6 Å². The second-order valence-corrected chi connectivity index (χ2v) is 5.64. The van der Waals surface area contributed by atoms with Crippen LogP contribution < -0.4 is 16.2 Å². The maximum atomic E-state index is 12.2. The molecule has 138 valence electrons. The number of methoxy groups -OCH3 is 1. The van der Waals surface area contributed by atoms with Crippen LogP contribution in [-0.4, -0.2) is 40.6 Å². The number of rotatable bonds is 8. The number of aromatic nitrogens is 2. The first-order valence-electron chi connectivity index (χ1n) is 7.49. The third-order valence-corrected chi connectivity index (χ3v) is 3.55. The van der Waals surface area contributed by atoms with Crippen molar-refractivity contribution in [3.05, 3.63) is 51.3 Å². The Balaban J connectivity index is 2.19. The molecule has 0 aliphatic heterocycles. The number of hydrogen-bond acceptors (Lipinski definition) is 8. The van der Waals surface area contributed by atoms with E-state index >= 15 is 0 Å². The Hall–Kier alpha value is -2.98. The summed E-state index contributed by atoms with van der Waals surface area (Å²) in [5.41, 5.74) is 4.59. The summed E-state index contributed by atoms with van der Waals surface area (Å²) in [7, 11) is 1.52. The summed E-state index contributed by atoms with van der Waals surface area (Å²) in [4.78, 5) is 30.7. The first-order chi connectivity index (χ1) is 12.4. The van der Waals surface area contributed by atoms with E-state index in [0.29, 0.717) is 6.61 Å². The van der Waals surface area contributed by atoms with Gasteiger partial charge in [-0.15, -0.1) is 0 Å². The molecular formula is C15H17ClN6O4. The number of nitrogens with one attached hydrogen (secondary N) is 3. The molecule has 1 amide bonds. The van der Waals surface area contributed by atoms with Gasteiger partial charge >= 0.3 is 5.69 Å². The van der Waals surface area contributed by atoms with Crippen LogP contribution in [0.25, 0.3) is 0 Å². The Kier molecular flexibility index (Phi) is 6.64. The standard InChI is InChI=1S/C15H17ClN6O4/c1-9(7-26-2)19-13-12(22(24)25)14(18-8-17-13)20-21-15(23)10-5-3-4-6-11(10)16/h3-6,8-9H,7H2,1-2H3,(H,21,23)(H2,17,18,19,20). The van der Waals surface area contributed by atoms with Crippen molar-refractivity contribution < 1.29 is 14.5 Å². The van der Waals surface area contributed by atoms with Crippen LogP contribution in [-0.2, 0) is 4.74 Å². The molecular weight excluding hydrogens is 364 g/mol. The zero-order valence-electron chi connectivity index (χ0n) is 14.0. The van der Waals surface area contributed by atoms with Crippen molar-refractivity contribution >= 4 is 34.8 Å². The summed E-state index contributed by atoms with van der Waals surface area (Å²) in [6.45, 7) is 2.11. The molecule has 2 rings (SSSR count). The quantitative estimate of drug-likeness (QED) is 0.469. The highest BCUT2D eigenvalue weighted by Gasteiger charge is 2.24. The highest BCUT2D eigenvalue weighted by molar-refractivity contribution is 6.33. The Labute approximate surface area is 154 Å². The fourth-order valence-corrected chi connectivity index (χ4v) is 2.32. The number of benzene rings is 1. The van der Waals surface area contributed by atoms with E-state index in [4.69, 9.17) is 16.3 Å². The molecule has 1 unspecified atom stereocenters. The van der Waals surface area contributed by atoms with Crippen molar-refractivity contribution in [3.63, 3.8) is 0 Å². The monoisotopic (exact) mass is 380 g/mol. The van der Waals surface area contributed by atoms with Crippen molar-refractivity contribution in [2.45, 2.75) is 13.0 Å². The average Bonchev–Trinajstić information content (AvgIpc) is 2.60. The van der Waals surface area contributed by atoms with Gasteiger partial charge in [0, 0.05) is 13.2 Å². The molecule has 0 bridgehead atoms. The van der Waals surface area contributed by atoms with Crippen molar-refractivity contribution in [2.75, 3.05) is 24.5 Å². The zero-order valence-corrected chi connectivity index (χ0v) is 14.8. The summed E-state index contributed by atoms with van der Waals surface area (Å²) in [6, 6.07) is 6.18. The van der Waals surface area contributed by atoms with Crippen LogP contribution >= 0.6 is 11.6 Å². The SMILES string of the molecule is COCC(C)Nc1ncnc(NNC(=O)c2ccccc2Cl)c1[N+](=O)[O-]. The molecule has 1 atom stereocenters. The zero-order chi connectivity index (χ0) is 19.1. The van der Waals surface area contributed by atoms with Crippen molar-refractivity contribution in [1.82, 2.24) is 15.4 Å². The maximum Gasteiger partial charge on any atom is 0.354 e. The number of amides is 1. The minimum atomic E-state index is -0.647. The smallest absolute Gasteiger partial charge is 0.354 e. The topological polar surface area (TPSA) is 131 Å². The fourth-order valence-electron chi connectivity index (χ4n) is 2.10. The summed E-state index contributed by atoms with van der Waals surface area (Å²) in [5.74, 6) is -0.729. The van der Waals surface area contributed by atoms with Crippen LogP contribution in [0.3, 0.4) is 0 Å². The van der Waals surface area contributed by atoms with Gasteiger partial charge in [0.05, 0.1) is 22.1 Å². The van der Waals surface area contributed by atoms with Crippen LogP contribution in [0.5, 0.6) is 0 Å². The highest BCUT2D eigenvalue weighted by Crippen LogP contribution is 2.28. The highest BCUT2D eigenvalue weighted by atomic mass is 35.5. The second kappa shape index (κ2) is 8.92. The number of halogens is 1. The Morgan fingerprint density at radius 3 is 2.69 bits per heavy atom. The van der Waals surface area contributed by atoms with Gasteiger partial charge in [-0.2, -0.15) is 0 Å². The first-order valence-corrected chi connectivity index (χ1v) is 7.87. The predicted octanol–water partition coefficient (Wildman–Crippen LogP) is 2.24. The molecule has 1 heterocycles. The van der Waals surface area contributed by atoms with Gasteiger partial charge in [-0.25, -0.2) is 9.97 Å². The third-order valence-electron chi connectivity index (χ3n) is 3.22. The summed E-state index contributed by atoms with van der Waals surface area (Å²) in [6.07, 6.45) is 1.14. The van der Waals surface area contributed by atoms with Crippen LogP contribution in [0.4, 0.5) is 17.3 Å². The van der Waals surface area contributed by atoms with Crippen molar-refractivity contribution in [2.24, 2.45) is 0 Å². The number of carbonyl (C=O) groups is 1. The van der Waals surface area contributed by atoms with E-state index in [2.05, 4.69) is 26.1 Å². The molecule has 2 aromatic rings. The van der Waals surface area contributed by atoms with E-state index < -0.39 is 16.5 Å². The molecule has 1 aromatic heterocycles. The van der Waals surface area contributed by atoms with Gasteiger partial charge < -0.3 is 10.1 Å². The molecule has 0 radical (unpaired) electrons. The number of ether oxygens (including phenoxy) is 1. The predicted molar refractivity (Wildman–Crippen MR) is 96.2 cm³/mol. The third kappa shape index (κ3) is 4.77. The van der Waals surface area contributed by atoms with Gasteiger partial charge in [-0.1, -0.05) is 23.7 Å². The summed E-state index contributed by atoms with van der Waals surface area (Å²) >= 11 is 5.95. The molecule has 26 heavy (non-hydrogen) atoms. The first kappa shape index (κ1) is 19.3. The lowest BCUT2D eigenvalue weighted by Crippen LogP contribution is -2.31. The van der Waals surface area contributed by atoms with E-state index in [1.165, 1.54) is 13.2 Å². The summed E-state index contributed by atoms with van der Waals surface area (Å²) in [5, 5.41) is 14.6. The second-order valence-electron chi connectivity index (χ2n) is 5.24. The van der Waals surface area contributed by atoms with E-state index in [1.807, 2.05) is 0 Å². The van der Waals surface area contributed by atoms with Gasteiger partial charge in [0.15, 0.2) is 0 Å². The van der Waals surface area contributed by atoms with E-state index in [1.54, 1.807) is 25.1 Å². The average molecular weight is 381 g/mol. The number of hydrazine groups is 1. The van der Waals surface area contributed by atoms with Crippen LogP contribution in [0.2, 0.25) is 5.02 Å². The Morgan fingerprint density at radius 1 is 1.35 bits per heavy atom. The number of nitro groups is 1. The molecule has 0 saturated heterocycles. The fraction of sp³-hybridized carbons (Fsp3) is 0.267. The molecule has 0 aliphatic rings. The molecule has 10 nitrogen and oxygen atoms in total. The van der Waals surface area contributed by atoms with E-state index in [-0.39, 0.29) is 28.3 Å². The lowest BCUT2D eigenvalue weighted by atomic mass is 10.2. The van der Waals surface area contributed by atoms with E-state index in [0.717, 1.165) is 6.33 Å². The largest absolute Gasteiger partial charge is 0.383 e. The molecule has 0 fully saturated rings. The van der Waals surface area contributed by atoms with Crippen LogP contribution in [0, 0.1) is 10.1 Å². The Bertz CT molecular complexity index is 803. The molecule has 11 heteroatoms. The molecule has 0 spiro atoms. The van der Waals surface area contributed by atoms with Gasteiger partial charge in [-0.05, 0) is 19.1 Å². The molecule has 1 aromatic carbocycles. The minimum Gasteiger partial charge on any atom is -0.383 e. The van der Waals surface area contributed by atoms with Crippen LogP contribution in [0.1, 0.15) is 17.3 Å². The lowest BCUT2D eigenvalue weighted by molar-refractivity contribution is -0.383. The number of carbonyl (C=O) groups excluding carboxylic acids is 1. The van der Waals surface area contributed by atoms with Gasteiger partial charge in [0.1, 0.15) is 6.33 Å². The van der Waals surface area contributed by atoms with Crippen molar-refractivity contribution in [1.29, 1.82) is 0 Å². The Morgan fingerprint density at radius 2 is 2.04 bits per heavy atom. The summed E-state index contributed by atoms with van der Waals surface area (Å²) < 4.78 is 4.98. The van der Waals surface area contributed by atoms with Gasteiger partial charge in [0.25, 0.3) is 5.91 Å². The van der Waals surface area contributed by atoms with Crippen LogP contribution in [0.15, 0.2) is 30.6 Å². The van der Waals surface area contributed by atoms with Crippen molar-refractivity contribution in [3.8, 4) is 0 Å². The number of anilines is 2. The lowest BCUT2D eigenvalue weighted by Gasteiger charge is -2.15. The maximum absolute atomic E-state index is 12.2. The molecule has 3 N–H and O–H groups in total. The normalized spacial score (nSPS) is 11.5. The molecule has 0 saturated carbocycles. The minimum absolute atomic E-state index is 0.00374.